The van der Waals surface area contributed by atoms with Crippen molar-refractivity contribution in [2.24, 2.45) is 0 Å². The van der Waals surface area contributed by atoms with Crippen LogP contribution in [0.4, 0.5) is 5.95 Å². The predicted octanol–water partition coefficient (Wildman–Crippen LogP) is 3.40. The average Bonchev–Trinajstić information content (AvgIpc) is 2.40. The largest absolute Gasteiger partial charge is 0.439 e. The molecule has 0 amide bonds. The van der Waals surface area contributed by atoms with Crippen LogP contribution in [0.5, 0.6) is 11.6 Å². The summed E-state index contributed by atoms with van der Waals surface area (Å²) in [6.45, 7) is 4.96. The number of anilines is 1. The molecule has 4 heteroatoms. The minimum Gasteiger partial charge on any atom is -0.439 e. The van der Waals surface area contributed by atoms with Crippen LogP contribution in [-0.4, -0.2) is 16.5 Å². The maximum Gasteiger partial charge on any atom is 0.225 e. The van der Waals surface area contributed by atoms with Crippen LogP contribution in [0, 0.1) is 6.92 Å². The molecule has 2 aromatic rings. The summed E-state index contributed by atoms with van der Waals surface area (Å²) in [5, 5.41) is 3.13. The zero-order valence-electron chi connectivity index (χ0n) is 10.7. The van der Waals surface area contributed by atoms with Crippen LogP contribution in [0.3, 0.4) is 0 Å². The standard InChI is InChI=1S/C14H17N3O/c1-3-9-15-14-16-10-8-13(17-14)18-12-7-5-4-6-11(12)2/h4-8,10H,3,9H2,1-2H3,(H,15,16,17). The highest BCUT2D eigenvalue weighted by atomic mass is 16.5. The lowest BCUT2D eigenvalue weighted by Crippen LogP contribution is -2.04. The van der Waals surface area contributed by atoms with E-state index in [-0.39, 0.29) is 0 Å². The van der Waals surface area contributed by atoms with Gasteiger partial charge in [0.25, 0.3) is 0 Å². The fourth-order valence-electron chi connectivity index (χ4n) is 1.50. The Hall–Kier alpha value is -2.10. The number of nitrogens with one attached hydrogen (secondary N) is 1. The zero-order valence-corrected chi connectivity index (χ0v) is 10.7. The van der Waals surface area contributed by atoms with Crippen molar-refractivity contribution >= 4 is 5.95 Å². The molecule has 1 heterocycles. The third-order valence-electron chi connectivity index (χ3n) is 2.47. The number of aryl methyl sites for hydroxylation is 1. The average molecular weight is 243 g/mol. The summed E-state index contributed by atoms with van der Waals surface area (Å²) in [6, 6.07) is 9.61. The molecule has 1 aromatic carbocycles. The summed E-state index contributed by atoms with van der Waals surface area (Å²) in [6.07, 6.45) is 2.73. The number of benzene rings is 1. The summed E-state index contributed by atoms with van der Waals surface area (Å²) in [5.41, 5.74) is 1.08. The first-order valence-corrected chi connectivity index (χ1v) is 6.10. The molecule has 0 aliphatic rings. The van der Waals surface area contributed by atoms with E-state index in [1.54, 1.807) is 12.3 Å². The second-order valence-corrected chi connectivity index (χ2v) is 4.01. The number of para-hydroxylation sites is 1. The van der Waals surface area contributed by atoms with Gasteiger partial charge in [0.05, 0.1) is 0 Å². The maximum absolute atomic E-state index is 5.74. The van der Waals surface area contributed by atoms with Gasteiger partial charge in [-0.05, 0) is 25.0 Å². The molecule has 1 N–H and O–H groups in total. The topological polar surface area (TPSA) is 47.0 Å². The molecule has 4 nitrogen and oxygen atoms in total. The Balaban J connectivity index is 2.12. The molecule has 0 unspecified atom stereocenters. The van der Waals surface area contributed by atoms with Gasteiger partial charge >= 0.3 is 0 Å². The van der Waals surface area contributed by atoms with Crippen molar-refractivity contribution in [3.63, 3.8) is 0 Å². The van der Waals surface area contributed by atoms with Crippen molar-refractivity contribution in [2.75, 3.05) is 11.9 Å². The molecule has 0 fully saturated rings. The molecule has 94 valence electrons. The first-order chi connectivity index (χ1) is 8.79. The summed E-state index contributed by atoms with van der Waals surface area (Å²) in [5.74, 6) is 1.97. The number of rotatable bonds is 5. The lowest BCUT2D eigenvalue weighted by molar-refractivity contribution is 0.459. The van der Waals surface area contributed by atoms with E-state index in [4.69, 9.17) is 4.74 Å². The number of ether oxygens (including phenoxy) is 1. The molecule has 0 bridgehead atoms. The van der Waals surface area contributed by atoms with Crippen LogP contribution in [-0.2, 0) is 0 Å². The number of nitrogens with zero attached hydrogens (tertiary/aromatic N) is 2. The molecule has 0 saturated carbocycles. The van der Waals surface area contributed by atoms with Crippen molar-refractivity contribution in [1.29, 1.82) is 0 Å². The van der Waals surface area contributed by atoms with E-state index in [1.807, 2.05) is 31.2 Å². The second-order valence-electron chi connectivity index (χ2n) is 4.01. The molecular formula is C14H17N3O. The van der Waals surface area contributed by atoms with Gasteiger partial charge in [0.15, 0.2) is 0 Å². The van der Waals surface area contributed by atoms with Crippen LogP contribution in [0.15, 0.2) is 36.5 Å². The highest BCUT2D eigenvalue weighted by molar-refractivity contribution is 5.36. The van der Waals surface area contributed by atoms with Crippen molar-refractivity contribution < 1.29 is 4.74 Å². The Morgan fingerprint density at radius 1 is 1.22 bits per heavy atom. The second kappa shape index (κ2) is 6.00. The van der Waals surface area contributed by atoms with Crippen LogP contribution in [0.2, 0.25) is 0 Å². The van der Waals surface area contributed by atoms with Gasteiger partial charge in [0, 0.05) is 18.8 Å². The van der Waals surface area contributed by atoms with Gasteiger partial charge in [-0.1, -0.05) is 25.1 Å². The van der Waals surface area contributed by atoms with E-state index in [2.05, 4.69) is 22.2 Å². The monoisotopic (exact) mass is 243 g/mol. The highest BCUT2D eigenvalue weighted by Crippen LogP contribution is 2.23. The van der Waals surface area contributed by atoms with E-state index >= 15 is 0 Å². The van der Waals surface area contributed by atoms with E-state index in [0.717, 1.165) is 24.3 Å². The van der Waals surface area contributed by atoms with E-state index < -0.39 is 0 Å². The number of hydrogen-bond donors (Lipinski definition) is 1. The van der Waals surface area contributed by atoms with Crippen molar-refractivity contribution in [2.45, 2.75) is 20.3 Å². The Kier molecular flexibility index (Phi) is 4.12. The third kappa shape index (κ3) is 3.20. The van der Waals surface area contributed by atoms with E-state index in [0.29, 0.717) is 11.8 Å². The molecular weight excluding hydrogens is 226 g/mol. The highest BCUT2D eigenvalue weighted by Gasteiger charge is 2.03. The summed E-state index contributed by atoms with van der Waals surface area (Å²) >= 11 is 0. The summed E-state index contributed by atoms with van der Waals surface area (Å²) in [7, 11) is 0. The maximum atomic E-state index is 5.74. The van der Waals surface area contributed by atoms with Gasteiger partial charge in [-0.15, -0.1) is 0 Å². The van der Waals surface area contributed by atoms with Gasteiger partial charge in [0.2, 0.25) is 11.8 Å². The molecule has 2 rings (SSSR count). The Morgan fingerprint density at radius 3 is 2.83 bits per heavy atom. The fraction of sp³-hybridized carbons (Fsp3) is 0.286. The smallest absolute Gasteiger partial charge is 0.225 e. The molecule has 0 radical (unpaired) electrons. The van der Waals surface area contributed by atoms with Gasteiger partial charge < -0.3 is 10.1 Å². The normalized spacial score (nSPS) is 10.1. The van der Waals surface area contributed by atoms with Gasteiger partial charge in [0.1, 0.15) is 5.75 Å². The van der Waals surface area contributed by atoms with E-state index in [1.165, 1.54) is 0 Å². The molecule has 0 spiro atoms. The fourth-order valence-corrected chi connectivity index (χ4v) is 1.50. The van der Waals surface area contributed by atoms with Crippen molar-refractivity contribution in [3.05, 3.63) is 42.1 Å². The van der Waals surface area contributed by atoms with Gasteiger partial charge in [-0.25, -0.2) is 4.98 Å². The molecule has 1 aromatic heterocycles. The zero-order chi connectivity index (χ0) is 12.8. The van der Waals surface area contributed by atoms with Crippen molar-refractivity contribution in [1.82, 2.24) is 9.97 Å². The third-order valence-corrected chi connectivity index (χ3v) is 2.47. The van der Waals surface area contributed by atoms with Crippen LogP contribution < -0.4 is 10.1 Å². The lowest BCUT2D eigenvalue weighted by atomic mass is 10.2. The molecule has 18 heavy (non-hydrogen) atoms. The first kappa shape index (κ1) is 12.4. The Morgan fingerprint density at radius 2 is 2.06 bits per heavy atom. The Labute approximate surface area is 107 Å². The minimum absolute atomic E-state index is 0.554. The molecule has 0 saturated heterocycles. The lowest BCUT2D eigenvalue weighted by Gasteiger charge is -2.08. The van der Waals surface area contributed by atoms with Gasteiger partial charge in [-0.3, -0.25) is 0 Å². The molecule has 0 aliphatic carbocycles. The van der Waals surface area contributed by atoms with Crippen LogP contribution in [0.25, 0.3) is 0 Å². The first-order valence-electron chi connectivity index (χ1n) is 6.10. The quantitative estimate of drug-likeness (QED) is 0.874. The Bertz CT molecular complexity index is 514. The van der Waals surface area contributed by atoms with Gasteiger partial charge in [-0.2, -0.15) is 4.98 Å². The SMILES string of the molecule is CCCNc1nccc(Oc2ccccc2C)n1. The summed E-state index contributed by atoms with van der Waals surface area (Å²) in [4.78, 5) is 8.44. The molecule has 0 aliphatic heterocycles. The van der Waals surface area contributed by atoms with Crippen molar-refractivity contribution in [3.8, 4) is 11.6 Å². The number of aromatic nitrogens is 2. The van der Waals surface area contributed by atoms with Crippen LogP contribution >= 0.6 is 0 Å². The van der Waals surface area contributed by atoms with E-state index in [9.17, 15) is 0 Å². The minimum atomic E-state index is 0.554. The summed E-state index contributed by atoms with van der Waals surface area (Å²) < 4.78 is 5.74. The molecule has 0 atom stereocenters. The van der Waals surface area contributed by atoms with Crippen LogP contribution in [0.1, 0.15) is 18.9 Å². The predicted molar refractivity (Wildman–Crippen MR) is 72.1 cm³/mol. The number of hydrogen-bond acceptors (Lipinski definition) is 4.